The van der Waals surface area contributed by atoms with Crippen LogP contribution in [0.15, 0.2) is 42.5 Å². The lowest BCUT2D eigenvalue weighted by molar-refractivity contribution is 0.105. The first kappa shape index (κ1) is 11.9. The van der Waals surface area contributed by atoms with Crippen LogP contribution in [0, 0.1) is 0 Å². The Morgan fingerprint density at radius 1 is 1.06 bits per heavy atom. The molecular weight excluding hydrogens is 236 g/mol. The Labute approximate surface area is 105 Å². The summed E-state index contributed by atoms with van der Waals surface area (Å²) in [5.41, 5.74) is 7.37. The molecule has 3 nitrogen and oxygen atoms in total. The number of nitrogens with two attached hydrogens (primary N) is 1. The van der Waals surface area contributed by atoms with Gasteiger partial charge in [-0.1, -0.05) is 41.9 Å². The van der Waals surface area contributed by atoms with Gasteiger partial charge >= 0.3 is 0 Å². The summed E-state index contributed by atoms with van der Waals surface area (Å²) in [6.45, 7) is 0.895. The summed E-state index contributed by atoms with van der Waals surface area (Å²) in [4.78, 5) is 4.12. The number of halogens is 1. The van der Waals surface area contributed by atoms with Gasteiger partial charge in [-0.2, -0.15) is 0 Å². The third kappa shape index (κ3) is 3.44. The highest BCUT2D eigenvalue weighted by molar-refractivity contribution is 6.31. The molecule has 88 valence electrons. The van der Waals surface area contributed by atoms with Crippen molar-refractivity contribution in [2.45, 2.75) is 13.2 Å². The van der Waals surface area contributed by atoms with Gasteiger partial charge < -0.3 is 10.5 Å². The average Bonchev–Trinajstić information content (AvgIpc) is 2.35. The molecular formula is C13H13ClN2O. The summed E-state index contributed by atoms with van der Waals surface area (Å²) < 4.78 is 5.54. The Bertz CT molecular complexity index is 488. The number of benzene rings is 1. The minimum Gasteiger partial charge on any atom is -0.384 e. The normalized spacial score (nSPS) is 10.4. The number of hydrogen-bond donors (Lipinski definition) is 1. The van der Waals surface area contributed by atoms with Crippen LogP contribution in [0.1, 0.15) is 11.3 Å². The smallest absolute Gasteiger partial charge is 0.123 e. The molecule has 1 aromatic carbocycles. The maximum Gasteiger partial charge on any atom is 0.123 e. The molecule has 1 aromatic heterocycles. The van der Waals surface area contributed by atoms with Crippen molar-refractivity contribution in [3.8, 4) is 0 Å². The number of rotatable bonds is 4. The summed E-state index contributed by atoms with van der Waals surface area (Å²) in [6.07, 6.45) is 0. The molecule has 0 fully saturated rings. The third-order valence-corrected chi connectivity index (χ3v) is 2.63. The van der Waals surface area contributed by atoms with E-state index in [0.29, 0.717) is 29.7 Å². The summed E-state index contributed by atoms with van der Waals surface area (Å²) >= 11 is 5.98. The molecule has 0 amide bonds. The largest absolute Gasteiger partial charge is 0.384 e. The SMILES string of the molecule is Nc1ccc(Cl)c(COCc2ccccc2)n1. The van der Waals surface area contributed by atoms with E-state index in [2.05, 4.69) is 4.98 Å². The second kappa shape index (κ2) is 5.66. The summed E-state index contributed by atoms with van der Waals surface area (Å²) in [5.74, 6) is 0.452. The summed E-state index contributed by atoms with van der Waals surface area (Å²) in [6, 6.07) is 13.3. The molecule has 0 aliphatic rings. The van der Waals surface area contributed by atoms with Gasteiger partial charge in [0.1, 0.15) is 5.82 Å². The van der Waals surface area contributed by atoms with E-state index in [9.17, 15) is 0 Å². The topological polar surface area (TPSA) is 48.1 Å². The first-order valence-corrected chi connectivity index (χ1v) is 5.66. The second-order valence-corrected chi connectivity index (χ2v) is 4.05. The fourth-order valence-electron chi connectivity index (χ4n) is 1.44. The molecule has 0 aliphatic carbocycles. The number of aromatic nitrogens is 1. The van der Waals surface area contributed by atoms with Crippen LogP contribution in [-0.2, 0) is 18.0 Å². The third-order valence-electron chi connectivity index (χ3n) is 2.29. The van der Waals surface area contributed by atoms with Gasteiger partial charge in [0.05, 0.1) is 23.9 Å². The van der Waals surface area contributed by atoms with Crippen LogP contribution in [0.25, 0.3) is 0 Å². The molecule has 0 unspecified atom stereocenters. The van der Waals surface area contributed by atoms with E-state index in [1.165, 1.54) is 0 Å². The zero-order valence-corrected chi connectivity index (χ0v) is 10.0. The van der Waals surface area contributed by atoms with Gasteiger partial charge in [-0.3, -0.25) is 0 Å². The molecule has 1 heterocycles. The number of pyridine rings is 1. The molecule has 17 heavy (non-hydrogen) atoms. The lowest BCUT2D eigenvalue weighted by atomic mass is 10.2. The van der Waals surface area contributed by atoms with E-state index in [-0.39, 0.29) is 0 Å². The van der Waals surface area contributed by atoms with Gasteiger partial charge in [0, 0.05) is 0 Å². The highest BCUT2D eigenvalue weighted by Gasteiger charge is 2.03. The Morgan fingerprint density at radius 2 is 1.82 bits per heavy atom. The number of ether oxygens (including phenoxy) is 1. The minimum absolute atomic E-state index is 0.360. The van der Waals surface area contributed by atoms with Crippen LogP contribution in [0.4, 0.5) is 5.82 Å². The number of nitrogens with zero attached hydrogens (tertiary/aromatic N) is 1. The predicted molar refractivity (Wildman–Crippen MR) is 68.6 cm³/mol. The Hall–Kier alpha value is -1.58. The minimum atomic E-state index is 0.360. The molecule has 0 radical (unpaired) electrons. The standard InChI is InChI=1S/C13H13ClN2O/c14-11-6-7-13(15)16-12(11)9-17-8-10-4-2-1-3-5-10/h1-7H,8-9H2,(H2,15,16). The molecule has 0 saturated carbocycles. The average molecular weight is 249 g/mol. The van der Waals surface area contributed by atoms with E-state index in [1.54, 1.807) is 12.1 Å². The molecule has 2 rings (SSSR count). The lowest BCUT2D eigenvalue weighted by Crippen LogP contribution is -2.00. The lowest BCUT2D eigenvalue weighted by Gasteiger charge is -2.06. The van der Waals surface area contributed by atoms with Crippen LogP contribution in [0.2, 0.25) is 5.02 Å². The van der Waals surface area contributed by atoms with Gasteiger partial charge in [0.25, 0.3) is 0 Å². The van der Waals surface area contributed by atoms with Gasteiger partial charge in [0.2, 0.25) is 0 Å². The van der Waals surface area contributed by atoms with Gasteiger partial charge in [-0.05, 0) is 17.7 Å². The van der Waals surface area contributed by atoms with Crippen molar-refractivity contribution < 1.29 is 4.74 Å². The van der Waals surface area contributed by atoms with E-state index >= 15 is 0 Å². The van der Waals surface area contributed by atoms with E-state index < -0.39 is 0 Å². The van der Waals surface area contributed by atoms with Crippen molar-refractivity contribution >= 4 is 17.4 Å². The zero-order chi connectivity index (χ0) is 12.1. The Balaban J connectivity index is 1.92. The monoisotopic (exact) mass is 248 g/mol. The Kier molecular flexibility index (Phi) is 3.96. The van der Waals surface area contributed by atoms with Crippen LogP contribution in [0.5, 0.6) is 0 Å². The fourth-order valence-corrected chi connectivity index (χ4v) is 1.60. The van der Waals surface area contributed by atoms with E-state index in [0.717, 1.165) is 5.56 Å². The van der Waals surface area contributed by atoms with Crippen LogP contribution in [0.3, 0.4) is 0 Å². The van der Waals surface area contributed by atoms with Crippen LogP contribution in [-0.4, -0.2) is 4.98 Å². The number of nitrogen functional groups attached to an aromatic ring is 1. The molecule has 0 saturated heterocycles. The first-order valence-electron chi connectivity index (χ1n) is 5.28. The van der Waals surface area contributed by atoms with Gasteiger partial charge in [-0.25, -0.2) is 4.98 Å². The highest BCUT2D eigenvalue weighted by Crippen LogP contribution is 2.16. The maximum atomic E-state index is 5.98. The zero-order valence-electron chi connectivity index (χ0n) is 9.27. The van der Waals surface area contributed by atoms with Gasteiger partial charge in [0.15, 0.2) is 0 Å². The quantitative estimate of drug-likeness (QED) is 0.905. The predicted octanol–water partition coefficient (Wildman–Crippen LogP) is 3.03. The highest BCUT2D eigenvalue weighted by atomic mass is 35.5. The second-order valence-electron chi connectivity index (χ2n) is 3.64. The molecule has 0 atom stereocenters. The molecule has 2 N–H and O–H groups in total. The molecule has 0 bridgehead atoms. The van der Waals surface area contributed by atoms with Crippen LogP contribution >= 0.6 is 11.6 Å². The summed E-state index contributed by atoms with van der Waals surface area (Å²) in [5, 5.41) is 0.576. The van der Waals surface area contributed by atoms with Crippen molar-refractivity contribution in [2.75, 3.05) is 5.73 Å². The maximum absolute atomic E-state index is 5.98. The van der Waals surface area contributed by atoms with E-state index in [4.69, 9.17) is 22.1 Å². The number of anilines is 1. The van der Waals surface area contributed by atoms with Crippen molar-refractivity contribution in [3.63, 3.8) is 0 Å². The van der Waals surface area contributed by atoms with Gasteiger partial charge in [-0.15, -0.1) is 0 Å². The van der Waals surface area contributed by atoms with Crippen molar-refractivity contribution in [2.24, 2.45) is 0 Å². The number of hydrogen-bond acceptors (Lipinski definition) is 3. The molecule has 4 heteroatoms. The molecule has 2 aromatic rings. The fraction of sp³-hybridized carbons (Fsp3) is 0.154. The first-order chi connectivity index (χ1) is 8.25. The van der Waals surface area contributed by atoms with E-state index in [1.807, 2.05) is 30.3 Å². The summed E-state index contributed by atoms with van der Waals surface area (Å²) in [7, 11) is 0. The Morgan fingerprint density at radius 3 is 2.59 bits per heavy atom. The van der Waals surface area contributed by atoms with Crippen molar-refractivity contribution in [3.05, 3.63) is 58.7 Å². The molecule has 0 aliphatic heterocycles. The van der Waals surface area contributed by atoms with Crippen molar-refractivity contribution in [1.82, 2.24) is 4.98 Å². The van der Waals surface area contributed by atoms with Crippen LogP contribution < -0.4 is 5.73 Å². The van der Waals surface area contributed by atoms with Crippen molar-refractivity contribution in [1.29, 1.82) is 0 Å². The molecule has 0 spiro atoms.